The first-order valence-electron chi connectivity index (χ1n) is 5.48. The maximum atomic E-state index is 11.9. The van der Waals surface area contributed by atoms with Crippen molar-refractivity contribution in [2.45, 2.75) is 20.3 Å². The molecule has 0 saturated carbocycles. The van der Waals surface area contributed by atoms with E-state index in [4.69, 9.17) is 0 Å². The summed E-state index contributed by atoms with van der Waals surface area (Å²) in [4.78, 5) is 14.6. The third-order valence-corrected chi connectivity index (χ3v) is 3.42. The Hall–Kier alpha value is -1.83. The Morgan fingerprint density at radius 3 is 2.62 bits per heavy atom. The Labute approximate surface area is 94.0 Å². The second kappa shape index (κ2) is 3.08. The molecule has 0 atom stereocenters. The highest BCUT2D eigenvalue weighted by molar-refractivity contribution is 5.79. The van der Waals surface area contributed by atoms with Crippen molar-refractivity contribution in [3.05, 3.63) is 57.0 Å². The minimum Gasteiger partial charge on any atom is -0.329 e. The van der Waals surface area contributed by atoms with E-state index in [9.17, 15) is 4.79 Å². The number of fused-ring (bicyclic) bond motifs is 3. The molecule has 16 heavy (non-hydrogen) atoms. The minimum atomic E-state index is 0.0324. The van der Waals surface area contributed by atoms with Crippen molar-refractivity contribution in [3.8, 4) is 11.1 Å². The number of aromatic nitrogens is 1. The summed E-state index contributed by atoms with van der Waals surface area (Å²) in [6, 6.07) is 6.24. The van der Waals surface area contributed by atoms with E-state index in [1.807, 2.05) is 6.07 Å². The number of hydrogen-bond acceptors (Lipinski definition) is 1. The van der Waals surface area contributed by atoms with Gasteiger partial charge in [-0.1, -0.05) is 12.1 Å². The predicted octanol–water partition coefficient (Wildman–Crippen LogP) is 2.56. The van der Waals surface area contributed by atoms with Crippen LogP contribution in [-0.4, -0.2) is 4.98 Å². The zero-order valence-electron chi connectivity index (χ0n) is 9.42. The van der Waals surface area contributed by atoms with Crippen molar-refractivity contribution in [2.75, 3.05) is 0 Å². The van der Waals surface area contributed by atoms with Crippen LogP contribution in [0.4, 0.5) is 0 Å². The number of benzene rings is 1. The van der Waals surface area contributed by atoms with Crippen molar-refractivity contribution >= 4 is 0 Å². The predicted molar refractivity (Wildman–Crippen MR) is 64.8 cm³/mol. The van der Waals surface area contributed by atoms with E-state index in [-0.39, 0.29) is 5.56 Å². The molecule has 0 aliphatic heterocycles. The summed E-state index contributed by atoms with van der Waals surface area (Å²) < 4.78 is 0. The highest BCUT2D eigenvalue weighted by atomic mass is 16.1. The summed E-state index contributed by atoms with van der Waals surface area (Å²) in [5, 5.41) is 0. The lowest BCUT2D eigenvalue weighted by molar-refractivity contribution is 1.18. The zero-order chi connectivity index (χ0) is 11.3. The van der Waals surface area contributed by atoms with Crippen LogP contribution in [0.5, 0.6) is 0 Å². The molecule has 1 aliphatic carbocycles. The third kappa shape index (κ3) is 1.10. The van der Waals surface area contributed by atoms with E-state index in [1.54, 1.807) is 6.20 Å². The molecule has 0 amide bonds. The van der Waals surface area contributed by atoms with Gasteiger partial charge in [0.05, 0.1) is 5.56 Å². The molecule has 1 aromatic heterocycles. The normalized spacial score (nSPS) is 12.4. The third-order valence-electron chi connectivity index (χ3n) is 3.42. The van der Waals surface area contributed by atoms with Crippen LogP contribution in [0.3, 0.4) is 0 Å². The second-order valence-electron chi connectivity index (χ2n) is 4.44. The van der Waals surface area contributed by atoms with Gasteiger partial charge in [-0.15, -0.1) is 0 Å². The number of aromatic amines is 1. The number of pyridine rings is 1. The molecule has 0 unspecified atom stereocenters. The molecular formula is C14H13NO. The van der Waals surface area contributed by atoms with Gasteiger partial charge in [-0.25, -0.2) is 0 Å². The molecule has 0 bridgehead atoms. The lowest BCUT2D eigenvalue weighted by Crippen LogP contribution is -2.08. The smallest absolute Gasteiger partial charge is 0.256 e. The number of aryl methyl sites for hydroxylation is 2. The summed E-state index contributed by atoms with van der Waals surface area (Å²) in [5.41, 5.74) is 6.98. The maximum Gasteiger partial charge on any atom is 0.256 e. The molecule has 1 N–H and O–H groups in total. The minimum absolute atomic E-state index is 0.0324. The SMILES string of the molecule is Cc1ccc(C)c2c1Cc1cc[nH]c(=O)c1-2. The molecule has 0 saturated heterocycles. The van der Waals surface area contributed by atoms with Crippen LogP contribution < -0.4 is 5.56 Å². The van der Waals surface area contributed by atoms with Crippen molar-refractivity contribution in [3.63, 3.8) is 0 Å². The van der Waals surface area contributed by atoms with E-state index in [2.05, 4.69) is 31.0 Å². The average molecular weight is 211 g/mol. The molecule has 0 spiro atoms. The Morgan fingerprint density at radius 1 is 1.06 bits per heavy atom. The molecule has 0 radical (unpaired) electrons. The number of hydrogen-bond donors (Lipinski definition) is 1. The maximum absolute atomic E-state index is 11.9. The van der Waals surface area contributed by atoms with Crippen molar-refractivity contribution in [1.29, 1.82) is 0 Å². The first-order chi connectivity index (χ1) is 7.68. The summed E-state index contributed by atoms with van der Waals surface area (Å²) >= 11 is 0. The van der Waals surface area contributed by atoms with E-state index >= 15 is 0 Å². The van der Waals surface area contributed by atoms with E-state index < -0.39 is 0 Å². The van der Waals surface area contributed by atoms with Gasteiger partial charge in [0.25, 0.3) is 5.56 Å². The van der Waals surface area contributed by atoms with E-state index in [0.717, 1.165) is 23.1 Å². The number of nitrogens with one attached hydrogen (secondary N) is 1. The Kier molecular flexibility index (Phi) is 1.81. The molecule has 2 heteroatoms. The second-order valence-corrected chi connectivity index (χ2v) is 4.44. The largest absolute Gasteiger partial charge is 0.329 e. The number of rotatable bonds is 0. The van der Waals surface area contributed by atoms with Gasteiger partial charge in [0.2, 0.25) is 0 Å². The average Bonchev–Trinajstić information content (AvgIpc) is 2.65. The van der Waals surface area contributed by atoms with Crippen LogP contribution in [0.2, 0.25) is 0 Å². The molecular weight excluding hydrogens is 198 g/mol. The van der Waals surface area contributed by atoms with Crippen LogP contribution in [-0.2, 0) is 6.42 Å². The fraction of sp³-hybridized carbons (Fsp3) is 0.214. The first kappa shape index (κ1) is 9.40. The van der Waals surface area contributed by atoms with Gasteiger partial charge in [0, 0.05) is 6.20 Å². The number of H-pyrrole nitrogens is 1. The van der Waals surface area contributed by atoms with E-state index in [1.165, 1.54) is 16.7 Å². The van der Waals surface area contributed by atoms with Crippen LogP contribution in [0.15, 0.2) is 29.2 Å². The van der Waals surface area contributed by atoms with Crippen LogP contribution in [0.1, 0.15) is 22.3 Å². The zero-order valence-corrected chi connectivity index (χ0v) is 9.42. The lowest BCUT2D eigenvalue weighted by Gasteiger charge is -2.06. The highest BCUT2D eigenvalue weighted by Gasteiger charge is 2.23. The fourth-order valence-corrected chi connectivity index (χ4v) is 2.58. The molecule has 2 aromatic rings. The first-order valence-corrected chi connectivity index (χ1v) is 5.48. The summed E-state index contributed by atoms with van der Waals surface area (Å²) in [6.07, 6.45) is 2.62. The van der Waals surface area contributed by atoms with Gasteiger partial charge in [0.1, 0.15) is 0 Å². The van der Waals surface area contributed by atoms with Gasteiger partial charge in [-0.05, 0) is 54.2 Å². The summed E-state index contributed by atoms with van der Waals surface area (Å²) in [6.45, 7) is 4.18. The topological polar surface area (TPSA) is 32.9 Å². The Morgan fingerprint density at radius 2 is 1.81 bits per heavy atom. The summed E-state index contributed by atoms with van der Waals surface area (Å²) in [5.74, 6) is 0. The quantitative estimate of drug-likeness (QED) is 0.609. The van der Waals surface area contributed by atoms with Crippen molar-refractivity contribution in [2.24, 2.45) is 0 Å². The summed E-state index contributed by atoms with van der Waals surface area (Å²) in [7, 11) is 0. The van der Waals surface area contributed by atoms with Gasteiger partial charge >= 0.3 is 0 Å². The Balaban J connectivity index is 2.45. The Bertz CT molecular complexity index is 638. The molecule has 3 rings (SSSR count). The van der Waals surface area contributed by atoms with Gasteiger partial charge in [0.15, 0.2) is 0 Å². The van der Waals surface area contributed by atoms with Gasteiger partial charge in [-0.3, -0.25) is 4.79 Å². The van der Waals surface area contributed by atoms with Crippen molar-refractivity contribution < 1.29 is 0 Å². The molecule has 2 nitrogen and oxygen atoms in total. The molecule has 0 fully saturated rings. The van der Waals surface area contributed by atoms with Crippen molar-refractivity contribution in [1.82, 2.24) is 4.98 Å². The lowest BCUT2D eigenvalue weighted by atomic mass is 9.98. The van der Waals surface area contributed by atoms with Crippen LogP contribution >= 0.6 is 0 Å². The monoisotopic (exact) mass is 211 g/mol. The highest BCUT2D eigenvalue weighted by Crippen LogP contribution is 2.37. The van der Waals surface area contributed by atoms with Crippen LogP contribution in [0.25, 0.3) is 11.1 Å². The fourth-order valence-electron chi connectivity index (χ4n) is 2.58. The van der Waals surface area contributed by atoms with Gasteiger partial charge in [-0.2, -0.15) is 0 Å². The standard InChI is InChI=1S/C14H13NO/c1-8-3-4-9(2)12-11(8)7-10-5-6-15-14(16)13(10)12/h3-6H,7H2,1-2H3,(H,15,16). The molecule has 80 valence electrons. The van der Waals surface area contributed by atoms with Crippen LogP contribution in [0, 0.1) is 13.8 Å². The molecule has 1 heterocycles. The molecule has 1 aromatic carbocycles. The van der Waals surface area contributed by atoms with E-state index in [0.29, 0.717) is 0 Å². The molecule has 1 aliphatic rings. The van der Waals surface area contributed by atoms with Gasteiger partial charge < -0.3 is 4.98 Å².